The second-order valence-corrected chi connectivity index (χ2v) is 5.36. The summed E-state index contributed by atoms with van der Waals surface area (Å²) < 4.78 is 5.36. The summed E-state index contributed by atoms with van der Waals surface area (Å²) in [5, 5.41) is 2.10. The lowest BCUT2D eigenvalue weighted by molar-refractivity contribution is 0.313. The first-order chi connectivity index (χ1) is 8.69. The molecule has 0 fully saturated rings. The first-order valence-electron chi connectivity index (χ1n) is 5.82. The molecular formula is C14H18N2OS. The summed E-state index contributed by atoms with van der Waals surface area (Å²) in [4.78, 5) is 3.61. The van der Waals surface area contributed by atoms with Crippen molar-refractivity contribution in [1.82, 2.24) is 4.90 Å². The van der Waals surface area contributed by atoms with Crippen molar-refractivity contribution in [1.29, 1.82) is 0 Å². The predicted octanol–water partition coefficient (Wildman–Crippen LogP) is 2.97. The molecule has 0 unspecified atom stereocenters. The molecule has 1 aromatic carbocycles. The van der Waals surface area contributed by atoms with Crippen molar-refractivity contribution in [3.63, 3.8) is 0 Å². The molecule has 0 aliphatic carbocycles. The lowest BCUT2D eigenvalue weighted by atomic mass is 10.1. The maximum Gasteiger partial charge on any atom is 0.123 e. The molecule has 3 nitrogen and oxygen atoms in total. The first kappa shape index (κ1) is 12.9. The molecule has 1 aromatic heterocycles. The van der Waals surface area contributed by atoms with Gasteiger partial charge in [-0.1, -0.05) is 6.07 Å². The normalized spacial score (nSPS) is 10.8. The van der Waals surface area contributed by atoms with Crippen LogP contribution in [0, 0.1) is 0 Å². The van der Waals surface area contributed by atoms with E-state index < -0.39 is 0 Å². The van der Waals surface area contributed by atoms with Crippen molar-refractivity contribution in [3.8, 4) is 5.75 Å². The monoisotopic (exact) mass is 262 g/mol. The summed E-state index contributed by atoms with van der Waals surface area (Å²) in [6, 6.07) is 9.99. The van der Waals surface area contributed by atoms with Crippen LogP contribution in [0.25, 0.3) is 0 Å². The highest BCUT2D eigenvalue weighted by Gasteiger charge is 2.08. The Morgan fingerprint density at radius 3 is 2.78 bits per heavy atom. The van der Waals surface area contributed by atoms with Crippen molar-refractivity contribution >= 4 is 17.0 Å². The molecule has 1 heterocycles. The van der Waals surface area contributed by atoms with Crippen LogP contribution in [0.15, 0.2) is 35.7 Å². The Morgan fingerprint density at radius 1 is 1.28 bits per heavy atom. The lowest BCUT2D eigenvalue weighted by Crippen LogP contribution is -2.17. The summed E-state index contributed by atoms with van der Waals surface area (Å²) in [6.45, 7) is 1.77. The van der Waals surface area contributed by atoms with E-state index in [-0.39, 0.29) is 0 Å². The average molecular weight is 262 g/mol. The third kappa shape index (κ3) is 3.24. The highest BCUT2D eigenvalue weighted by atomic mass is 32.1. The van der Waals surface area contributed by atoms with Crippen LogP contribution in [0.2, 0.25) is 0 Å². The number of hydrogen-bond acceptors (Lipinski definition) is 4. The summed E-state index contributed by atoms with van der Waals surface area (Å²) in [6.07, 6.45) is 0. The fourth-order valence-electron chi connectivity index (χ4n) is 1.94. The highest BCUT2D eigenvalue weighted by molar-refractivity contribution is 7.09. The van der Waals surface area contributed by atoms with Gasteiger partial charge >= 0.3 is 0 Å². The Kier molecular flexibility index (Phi) is 4.23. The van der Waals surface area contributed by atoms with Gasteiger partial charge in [-0.3, -0.25) is 4.90 Å². The number of nitrogens with two attached hydrogens (primary N) is 1. The van der Waals surface area contributed by atoms with Gasteiger partial charge in [-0.25, -0.2) is 0 Å². The Hall–Kier alpha value is -1.52. The molecule has 18 heavy (non-hydrogen) atoms. The molecule has 0 amide bonds. The van der Waals surface area contributed by atoms with Crippen LogP contribution in [-0.4, -0.2) is 19.1 Å². The number of thiophene rings is 1. The van der Waals surface area contributed by atoms with Crippen LogP contribution in [-0.2, 0) is 13.1 Å². The molecule has 2 N–H and O–H groups in total. The van der Waals surface area contributed by atoms with E-state index in [1.54, 1.807) is 18.4 Å². The molecule has 0 bridgehead atoms. The van der Waals surface area contributed by atoms with Crippen LogP contribution < -0.4 is 10.5 Å². The Bertz CT molecular complexity index is 497. The Labute approximate surface area is 112 Å². The maximum absolute atomic E-state index is 5.82. The number of anilines is 1. The van der Waals surface area contributed by atoms with Gasteiger partial charge in [-0.15, -0.1) is 11.3 Å². The van der Waals surface area contributed by atoms with E-state index in [9.17, 15) is 0 Å². The van der Waals surface area contributed by atoms with Gasteiger partial charge < -0.3 is 10.5 Å². The van der Waals surface area contributed by atoms with E-state index in [0.717, 1.165) is 30.1 Å². The van der Waals surface area contributed by atoms with E-state index in [4.69, 9.17) is 10.5 Å². The van der Waals surface area contributed by atoms with Gasteiger partial charge in [0.1, 0.15) is 5.75 Å². The van der Waals surface area contributed by atoms with E-state index in [1.807, 2.05) is 18.2 Å². The minimum absolute atomic E-state index is 0.773. The van der Waals surface area contributed by atoms with E-state index in [2.05, 4.69) is 29.5 Å². The van der Waals surface area contributed by atoms with Crippen LogP contribution in [0.3, 0.4) is 0 Å². The van der Waals surface area contributed by atoms with Crippen molar-refractivity contribution < 1.29 is 4.74 Å². The quantitative estimate of drug-likeness (QED) is 0.842. The van der Waals surface area contributed by atoms with Gasteiger partial charge in [0.05, 0.1) is 7.11 Å². The summed E-state index contributed by atoms with van der Waals surface area (Å²) in [5.41, 5.74) is 7.72. The summed E-state index contributed by atoms with van der Waals surface area (Å²) in [7, 11) is 3.79. The zero-order valence-corrected chi connectivity index (χ0v) is 11.5. The lowest BCUT2D eigenvalue weighted by Gasteiger charge is -2.18. The second-order valence-electron chi connectivity index (χ2n) is 4.32. The van der Waals surface area contributed by atoms with Gasteiger partial charge in [0, 0.05) is 29.2 Å². The average Bonchev–Trinajstić information content (AvgIpc) is 2.82. The fraction of sp³-hybridized carbons (Fsp3) is 0.286. The standard InChI is InChI=1S/C14H18N2OS/c1-16(10-13-4-3-7-18-13)9-11-8-12(15)5-6-14(11)17-2/h3-8H,9-10,15H2,1-2H3. The van der Waals surface area contributed by atoms with Crippen LogP contribution in [0.1, 0.15) is 10.4 Å². The maximum atomic E-state index is 5.82. The molecule has 0 spiro atoms. The van der Waals surface area contributed by atoms with Gasteiger partial charge in [-0.2, -0.15) is 0 Å². The molecule has 2 rings (SSSR count). The largest absolute Gasteiger partial charge is 0.496 e. The Balaban J connectivity index is 2.06. The van der Waals surface area contributed by atoms with Crippen LogP contribution in [0.4, 0.5) is 5.69 Å². The topological polar surface area (TPSA) is 38.5 Å². The SMILES string of the molecule is COc1ccc(N)cc1CN(C)Cc1cccs1. The van der Waals surface area contributed by atoms with E-state index in [0.29, 0.717) is 0 Å². The number of methoxy groups -OCH3 is 1. The molecular weight excluding hydrogens is 244 g/mol. The van der Waals surface area contributed by atoms with Crippen LogP contribution >= 0.6 is 11.3 Å². The van der Waals surface area contributed by atoms with Gasteiger partial charge in [-0.05, 0) is 36.7 Å². The molecule has 96 valence electrons. The number of benzene rings is 1. The van der Waals surface area contributed by atoms with Gasteiger partial charge in [0.2, 0.25) is 0 Å². The third-order valence-electron chi connectivity index (χ3n) is 2.75. The molecule has 0 radical (unpaired) electrons. The predicted molar refractivity (Wildman–Crippen MR) is 76.9 cm³/mol. The molecule has 0 saturated heterocycles. The first-order valence-corrected chi connectivity index (χ1v) is 6.70. The van der Waals surface area contributed by atoms with E-state index in [1.165, 1.54) is 4.88 Å². The number of rotatable bonds is 5. The summed E-state index contributed by atoms with van der Waals surface area (Å²) >= 11 is 1.78. The van der Waals surface area contributed by atoms with Gasteiger partial charge in [0.15, 0.2) is 0 Å². The number of nitrogen functional groups attached to an aromatic ring is 1. The van der Waals surface area contributed by atoms with Crippen molar-refractivity contribution in [3.05, 3.63) is 46.2 Å². The summed E-state index contributed by atoms with van der Waals surface area (Å²) in [5.74, 6) is 0.891. The third-order valence-corrected chi connectivity index (χ3v) is 3.61. The molecule has 0 aliphatic rings. The van der Waals surface area contributed by atoms with Crippen molar-refractivity contribution in [2.75, 3.05) is 19.9 Å². The van der Waals surface area contributed by atoms with Crippen molar-refractivity contribution in [2.24, 2.45) is 0 Å². The van der Waals surface area contributed by atoms with Gasteiger partial charge in [0.25, 0.3) is 0 Å². The van der Waals surface area contributed by atoms with Crippen LogP contribution in [0.5, 0.6) is 5.75 Å². The number of nitrogens with zero attached hydrogens (tertiary/aromatic N) is 1. The van der Waals surface area contributed by atoms with Crippen molar-refractivity contribution in [2.45, 2.75) is 13.1 Å². The second kappa shape index (κ2) is 5.89. The molecule has 0 atom stereocenters. The zero-order valence-electron chi connectivity index (χ0n) is 10.7. The minimum Gasteiger partial charge on any atom is -0.496 e. The molecule has 0 aliphatic heterocycles. The smallest absolute Gasteiger partial charge is 0.123 e. The molecule has 2 aromatic rings. The fourth-order valence-corrected chi connectivity index (χ4v) is 2.72. The number of hydrogen-bond donors (Lipinski definition) is 1. The number of ether oxygens (including phenoxy) is 1. The highest BCUT2D eigenvalue weighted by Crippen LogP contribution is 2.23. The van der Waals surface area contributed by atoms with E-state index >= 15 is 0 Å². The minimum atomic E-state index is 0.773. The molecule has 0 saturated carbocycles. The Morgan fingerprint density at radius 2 is 2.11 bits per heavy atom. The zero-order chi connectivity index (χ0) is 13.0. The molecule has 4 heteroatoms.